The Morgan fingerprint density at radius 2 is 2.22 bits per heavy atom. The van der Waals surface area contributed by atoms with Gasteiger partial charge in [0.05, 0.1) is 12.2 Å². The molecule has 0 amide bonds. The van der Waals surface area contributed by atoms with Crippen molar-refractivity contribution < 1.29 is 0 Å². The molecule has 0 atom stereocenters. The molecule has 0 unspecified atom stereocenters. The van der Waals surface area contributed by atoms with E-state index in [9.17, 15) is 0 Å². The Hall–Kier alpha value is -2.02. The van der Waals surface area contributed by atoms with Gasteiger partial charge in [-0.15, -0.1) is 5.10 Å². The molecule has 0 radical (unpaired) electrons. The second-order valence-electron chi connectivity index (χ2n) is 3.65. The van der Waals surface area contributed by atoms with Gasteiger partial charge in [-0.05, 0) is 40.2 Å². The molecule has 0 aliphatic carbocycles. The zero-order chi connectivity index (χ0) is 12.4. The van der Waals surface area contributed by atoms with Crippen LogP contribution in [0.15, 0.2) is 41.1 Å². The molecule has 7 heteroatoms. The Bertz CT molecular complexity index is 666. The molecule has 3 rings (SSSR count). The van der Waals surface area contributed by atoms with E-state index in [2.05, 4.69) is 41.5 Å². The second kappa shape index (κ2) is 4.69. The number of nitrogens with one attached hydrogen (secondary N) is 1. The van der Waals surface area contributed by atoms with Crippen molar-refractivity contribution in [1.29, 1.82) is 0 Å². The topological polar surface area (TPSA) is 68.0 Å². The van der Waals surface area contributed by atoms with E-state index in [1.54, 1.807) is 10.7 Å². The molecule has 0 fully saturated rings. The van der Waals surface area contributed by atoms with Gasteiger partial charge in [0.2, 0.25) is 5.95 Å². The van der Waals surface area contributed by atoms with Gasteiger partial charge >= 0.3 is 0 Å². The molecule has 3 aromatic rings. The molecule has 0 aliphatic rings. The highest BCUT2D eigenvalue weighted by Gasteiger charge is 2.03. The van der Waals surface area contributed by atoms with E-state index in [-0.39, 0.29) is 0 Å². The number of hydrogen-bond acceptors (Lipinski definition) is 5. The standard InChI is InChI=1S/C11H9BrN6/c12-8-3-4-10-15-11(17-18(10)7-8)13-6-9-2-1-5-14-16-9/h1-5,7H,6H2,(H,13,17). The molecule has 0 aliphatic heterocycles. The molecule has 0 saturated heterocycles. The number of halogens is 1. The molecule has 0 bridgehead atoms. The Morgan fingerprint density at radius 3 is 3.06 bits per heavy atom. The van der Waals surface area contributed by atoms with E-state index in [4.69, 9.17) is 0 Å². The monoisotopic (exact) mass is 304 g/mol. The van der Waals surface area contributed by atoms with Crippen LogP contribution < -0.4 is 5.32 Å². The van der Waals surface area contributed by atoms with Crippen molar-refractivity contribution in [1.82, 2.24) is 24.8 Å². The van der Waals surface area contributed by atoms with Crippen LogP contribution in [-0.4, -0.2) is 24.8 Å². The van der Waals surface area contributed by atoms with Crippen LogP contribution in [0.1, 0.15) is 5.69 Å². The summed E-state index contributed by atoms with van der Waals surface area (Å²) in [6, 6.07) is 7.56. The molecule has 1 N–H and O–H groups in total. The van der Waals surface area contributed by atoms with Gasteiger partial charge in [0.1, 0.15) is 0 Å². The SMILES string of the molecule is Brc1ccc2nc(NCc3cccnn3)nn2c1. The predicted octanol–water partition coefficient (Wildman–Crippen LogP) is 1.89. The van der Waals surface area contributed by atoms with Crippen LogP contribution in [0, 0.1) is 0 Å². The summed E-state index contributed by atoms with van der Waals surface area (Å²) in [5.41, 5.74) is 1.64. The fourth-order valence-electron chi connectivity index (χ4n) is 1.53. The molecule has 0 aromatic carbocycles. The average molecular weight is 305 g/mol. The summed E-state index contributed by atoms with van der Waals surface area (Å²) in [5.74, 6) is 0.568. The third kappa shape index (κ3) is 2.30. The lowest BCUT2D eigenvalue weighted by Crippen LogP contribution is -2.03. The number of anilines is 1. The Morgan fingerprint density at radius 1 is 1.28 bits per heavy atom. The summed E-state index contributed by atoms with van der Waals surface area (Å²) in [7, 11) is 0. The van der Waals surface area contributed by atoms with Gasteiger partial charge in [-0.3, -0.25) is 0 Å². The van der Waals surface area contributed by atoms with E-state index < -0.39 is 0 Å². The minimum Gasteiger partial charge on any atom is -0.347 e. The number of rotatable bonds is 3. The van der Waals surface area contributed by atoms with Gasteiger partial charge in [-0.1, -0.05) is 0 Å². The minimum absolute atomic E-state index is 0.548. The number of nitrogens with zero attached hydrogens (tertiary/aromatic N) is 5. The van der Waals surface area contributed by atoms with E-state index >= 15 is 0 Å². The normalized spacial score (nSPS) is 10.7. The maximum atomic E-state index is 4.34. The van der Waals surface area contributed by atoms with Crippen molar-refractivity contribution in [3.63, 3.8) is 0 Å². The summed E-state index contributed by atoms with van der Waals surface area (Å²) in [6.45, 7) is 0.548. The smallest absolute Gasteiger partial charge is 0.243 e. The summed E-state index contributed by atoms with van der Waals surface area (Å²) >= 11 is 3.39. The summed E-state index contributed by atoms with van der Waals surface area (Å²) in [6.07, 6.45) is 3.50. The van der Waals surface area contributed by atoms with E-state index in [1.165, 1.54) is 0 Å². The van der Waals surface area contributed by atoms with Gasteiger partial charge in [0.15, 0.2) is 5.65 Å². The number of pyridine rings is 1. The first-order valence-corrected chi connectivity index (χ1v) is 6.13. The first-order chi connectivity index (χ1) is 8.81. The van der Waals surface area contributed by atoms with Gasteiger partial charge in [0, 0.05) is 16.9 Å². The average Bonchev–Trinajstić information content (AvgIpc) is 2.79. The van der Waals surface area contributed by atoms with Crippen LogP contribution in [0.2, 0.25) is 0 Å². The zero-order valence-electron chi connectivity index (χ0n) is 9.29. The molecule has 6 nitrogen and oxygen atoms in total. The first-order valence-electron chi connectivity index (χ1n) is 5.34. The molecule has 18 heavy (non-hydrogen) atoms. The van der Waals surface area contributed by atoms with Crippen molar-refractivity contribution in [2.75, 3.05) is 5.32 Å². The van der Waals surface area contributed by atoms with Gasteiger partial charge in [0.25, 0.3) is 0 Å². The fraction of sp³-hybridized carbons (Fsp3) is 0.0909. The third-order valence-electron chi connectivity index (χ3n) is 2.35. The van der Waals surface area contributed by atoms with E-state index in [0.717, 1.165) is 15.8 Å². The Balaban J connectivity index is 1.79. The maximum absolute atomic E-state index is 4.34. The van der Waals surface area contributed by atoms with Crippen LogP contribution in [0.3, 0.4) is 0 Å². The Kier molecular flexibility index (Phi) is 2.89. The molecule has 3 heterocycles. The van der Waals surface area contributed by atoms with Crippen molar-refractivity contribution in [3.8, 4) is 0 Å². The highest BCUT2D eigenvalue weighted by molar-refractivity contribution is 9.10. The van der Waals surface area contributed by atoms with Gasteiger partial charge in [-0.2, -0.15) is 15.2 Å². The van der Waals surface area contributed by atoms with Crippen molar-refractivity contribution >= 4 is 27.5 Å². The van der Waals surface area contributed by atoms with E-state index in [0.29, 0.717) is 12.5 Å². The summed E-state index contributed by atoms with van der Waals surface area (Å²) in [4.78, 5) is 4.34. The fourth-order valence-corrected chi connectivity index (χ4v) is 1.86. The van der Waals surface area contributed by atoms with Crippen LogP contribution in [-0.2, 0) is 6.54 Å². The predicted molar refractivity (Wildman–Crippen MR) is 70.0 cm³/mol. The van der Waals surface area contributed by atoms with E-state index in [1.807, 2.05) is 30.5 Å². The van der Waals surface area contributed by atoms with Gasteiger partial charge < -0.3 is 5.32 Å². The molecular formula is C11H9BrN6. The van der Waals surface area contributed by atoms with Crippen molar-refractivity contribution in [2.24, 2.45) is 0 Å². The number of aromatic nitrogens is 5. The minimum atomic E-state index is 0.548. The maximum Gasteiger partial charge on any atom is 0.243 e. The third-order valence-corrected chi connectivity index (χ3v) is 2.82. The quantitative estimate of drug-likeness (QED) is 0.800. The molecule has 3 aromatic heterocycles. The Labute approximate surface area is 111 Å². The van der Waals surface area contributed by atoms with Crippen molar-refractivity contribution in [3.05, 3.63) is 46.8 Å². The van der Waals surface area contributed by atoms with Crippen molar-refractivity contribution in [2.45, 2.75) is 6.54 Å². The highest BCUT2D eigenvalue weighted by Crippen LogP contribution is 2.12. The molecular weight excluding hydrogens is 296 g/mol. The molecule has 90 valence electrons. The van der Waals surface area contributed by atoms with Crippen LogP contribution in [0.5, 0.6) is 0 Å². The molecule has 0 saturated carbocycles. The second-order valence-corrected chi connectivity index (χ2v) is 4.57. The van der Waals surface area contributed by atoms with Crippen LogP contribution in [0.4, 0.5) is 5.95 Å². The lowest BCUT2D eigenvalue weighted by atomic mass is 10.4. The highest BCUT2D eigenvalue weighted by atomic mass is 79.9. The van der Waals surface area contributed by atoms with Crippen LogP contribution >= 0.6 is 15.9 Å². The number of fused-ring (bicyclic) bond motifs is 1. The largest absolute Gasteiger partial charge is 0.347 e. The lowest BCUT2D eigenvalue weighted by molar-refractivity contribution is 0.903. The van der Waals surface area contributed by atoms with Gasteiger partial charge in [-0.25, -0.2) is 4.52 Å². The number of hydrogen-bond donors (Lipinski definition) is 1. The summed E-state index contributed by atoms with van der Waals surface area (Å²) < 4.78 is 2.67. The van der Waals surface area contributed by atoms with Crippen LogP contribution in [0.25, 0.3) is 5.65 Å². The molecule has 0 spiro atoms. The lowest BCUT2D eigenvalue weighted by Gasteiger charge is -1.98. The summed E-state index contributed by atoms with van der Waals surface area (Å²) in [5, 5.41) is 15.2. The first kappa shape index (κ1) is 11.1. The zero-order valence-corrected chi connectivity index (χ0v) is 10.9.